The van der Waals surface area contributed by atoms with E-state index < -0.39 is 0 Å². The van der Waals surface area contributed by atoms with Crippen LogP contribution in [0.4, 0.5) is 0 Å². The number of piperidine rings is 1. The van der Waals surface area contributed by atoms with Crippen LogP contribution in [0.2, 0.25) is 0 Å². The average molecular weight is 403 g/mol. The van der Waals surface area contributed by atoms with Gasteiger partial charge in [0.1, 0.15) is 11.8 Å². The second-order valence-corrected chi connectivity index (χ2v) is 8.06. The molecule has 1 fully saturated rings. The van der Waals surface area contributed by atoms with Crippen LogP contribution in [0.5, 0.6) is 0 Å². The lowest BCUT2D eigenvalue weighted by molar-refractivity contribution is -0.0541. The molecule has 0 N–H and O–H groups in total. The lowest BCUT2D eigenvalue weighted by atomic mass is 9.82. The van der Waals surface area contributed by atoms with E-state index in [0.29, 0.717) is 5.56 Å². The molecule has 1 unspecified atom stereocenters. The molecule has 5 heteroatoms. The molecular formula is C25H30N4O. The van der Waals surface area contributed by atoms with Gasteiger partial charge < -0.3 is 9.30 Å². The maximum Gasteiger partial charge on any atom is 0.136 e. The molecule has 3 heterocycles. The second-order valence-electron chi connectivity index (χ2n) is 8.06. The number of likely N-dealkylation sites (tertiary alicyclic amines) is 1. The van der Waals surface area contributed by atoms with Crippen molar-refractivity contribution >= 4 is 11.4 Å². The molecule has 2 aliphatic rings. The third-order valence-electron chi connectivity index (χ3n) is 6.37. The van der Waals surface area contributed by atoms with Gasteiger partial charge in [0.15, 0.2) is 0 Å². The summed E-state index contributed by atoms with van der Waals surface area (Å²) in [5.74, 6) is 0. The van der Waals surface area contributed by atoms with E-state index in [2.05, 4.69) is 53.8 Å². The van der Waals surface area contributed by atoms with Gasteiger partial charge in [0.25, 0.3) is 0 Å². The van der Waals surface area contributed by atoms with Crippen molar-refractivity contribution in [3.8, 4) is 6.07 Å². The SMILES string of the molecule is CC/C=C1\C(CC)=NC2(CCN(C(OC)c3ccc(C#N)cc3)CC2)c2cccn21. The molecule has 0 amide bonds. The van der Waals surface area contributed by atoms with E-state index in [1.165, 1.54) is 17.1 Å². The van der Waals surface area contributed by atoms with E-state index in [0.717, 1.165) is 44.3 Å². The number of allylic oxidation sites excluding steroid dienone is 2. The fourth-order valence-corrected chi connectivity index (χ4v) is 4.87. The molecule has 0 bridgehead atoms. The van der Waals surface area contributed by atoms with Gasteiger partial charge >= 0.3 is 0 Å². The van der Waals surface area contributed by atoms with Crippen molar-refractivity contribution in [2.75, 3.05) is 20.2 Å². The largest absolute Gasteiger partial charge is 0.362 e. The summed E-state index contributed by atoms with van der Waals surface area (Å²) in [5.41, 5.74) is 5.38. The van der Waals surface area contributed by atoms with Crippen LogP contribution in [0.1, 0.15) is 62.6 Å². The number of nitrogens with zero attached hydrogens (tertiary/aromatic N) is 4. The second kappa shape index (κ2) is 8.59. The highest BCUT2D eigenvalue weighted by Crippen LogP contribution is 2.43. The van der Waals surface area contributed by atoms with Gasteiger partial charge in [-0.2, -0.15) is 5.26 Å². The number of nitriles is 1. The van der Waals surface area contributed by atoms with Crippen molar-refractivity contribution in [1.29, 1.82) is 5.26 Å². The molecular weight excluding hydrogens is 372 g/mol. The minimum Gasteiger partial charge on any atom is -0.362 e. The predicted molar refractivity (Wildman–Crippen MR) is 120 cm³/mol. The molecule has 2 aliphatic heterocycles. The normalized spacial score (nSPS) is 20.6. The van der Waals surface area contributed by atoms with Crippen LogP contribution in [0, 0.1) is 11.3 Å². The van der Waals surface area contributed by atoms with Crippen molar-refractivity contribution in [1.82, 2.24) is 9.47 Å². The summed E-state index contributed by atoms with van der Waals surface area (Å²) in [6.07, 6.45) is 8.26. The van der Waals surface area contributed by atoms with E-state index in [1.54, 1.807) is 7.11 Å². The van der Waals surface area contributed by atoms with Gasteiger partial charge in [0, 0.05) is 26.4 Å². The Bertz CT molecular complexity index is 985. The highest BCUT2D eigenvalue weighted by molar-refractivity contribution is 6.19. The number of hydrogen-bond donors (Lipinski definition) is 0. The first-order chi connectivity index (χ1) is 14.7. The topological polar surface area (TPSA) is 53.5 Å². The van der Waals surface area contributed by atoms with Gasteiger partial charge in [-0.15, -0.1) is 0 Å². The predicted octanol–water partition coefficient (Wildman–Crippen LogP) is 5.11. The number of ether oxygens (including phenoxy) is 1. The smallest absolute Gasteiger partial charge is 0.136 e. The molecule has 4 rings (SSSR count). The first-order valence-corrected chi connectivity index (χ1v) is 10.9. The zero-order chi connectivity index (χ0) is 21.1. The Kier molecular flexibility index (Phi) is 5.90. The lowest BCUT2D eigenvalue weighted by Gasteiger charge is -2.44. The van der Waals surface area contributed by atoms with Crippen LogP contribution in [0.15, 0.2) is 53.7 Å². The van der Waals surface area contributed by atoms with Gasteiger partial charge in [0.2, 0.25) is 0 Å². The quantitative estimate of drug-likeness (QED) is 0.698. The minimum atomic E-state index is -0.153. The van der Waals surface area contributed by atoms with Crippen LogP contribution in [-0.4, -0.2) is 35.4 Å². The maximum absolute atomic E-state index is 9.06. The van der Waals surface area contributed by atoms with Crippen molar-refractivity contribution < 1.29 is 4.74 Å². The standard InChI is InChI=1S/C25H30N4O/c1-4-7-22-21(5-2)27-25(23-8-6-15-29(22)23)13-16-28(17-14-25)24(30-3)20-11-9-19(18-26)10-12-20/h6-12,15,24H,4-5,13-14,16-17H2,1-3H3/b22-7+. The third-order valence-corrected chi connectivity index (χ3v) is 6.37. The molecule has 1 saturated heterocycles. The summed E-state index contributed by atoms with van der Waals surface area (Å²) in [7, 11) is 1.76. The van der Waals surface area contributed by atoms with E-state index in [4.69, 9.17) is 15.0 Å². The van der Waals surface area contributed by atoms with Gasteiger partial charge in [-0.1, -0.05) is 32.1 Å². The monoisotopic (exact) mass is 402 g/mol. The number of hydrogen-bond acceptors (Lipinski definition) is 4. The Morgan fingerprint density at radius 2 is 1.93 bits per heavy atom. The Balaban J connectivity index is 1.59. The number of rotatable bonds is 5. The molecule has 30 heavy (non-hydrogen) atoms. The zero-order valence-electron chi connectivity index (χ0n) is 18.1. The molecule has 1 aromatic heterocycles. The van der Waals surface area contributed by atoms with Crippen molar-refractivity contribution in [3.63, 3.8) is 0 Å². The molecule has 0 saturated carbocycles. The van der Waals surface area contributed by atoms with Gasteiger partial charge in [-0.05, 0) is 55.5 Å². The van der Waals surface area contributed by atoms with Crippen LogP contribution in [-0.2, 0) is 10.3 Å². The van der Waals surface area contributed by atoms with Gasteiger partial charge in [-0.25, -0.2) is 0 Å². The van der Waals surface area contributed by atoms with E-state index in [9.17, 15) is 0 Å². The zero-order valence-corrected chi connectivity index (χ0v) is 18.1. The number of fused-ring (bicyclic) bond motifs is 2. The van der Waals surface area contributed by atoms with Gasteiger partial charge in [-0.3, -0.25) is 9.89 Å². The number of methoxy groups -OCH3 is 1. The molecule has 1 spiro atoms. The Morgan fingerprint density at radius 1 is 1.20 bits per heavy atom. The van der Waals surface area contributed by atoms with E-state index >= 15 is 0 Å². The summed E-state index contributed by atoms with van der Waals surface area (Å²) in [4.78, 5) is 7.73. The van der Waals surface area contributed by atoms with Crippen LogP contribution in [0.25, 0.3) is 5.70 Å². The van der Waals surface area contributed by atoms with Crippen molar-refractivity contribution in [2.45, 2.75) is 51.3 Å². The molecule has 2 aromatic rings. The summed E-state index contributed by atoms with van der Waals surface area (Å²) >= 11 is 0. The first kappa shape index (κ1) is 20.6. The van der Waals surface area contributed by atoms with Crippen molar-refractivity contribution in [2.24, 2.45) is 4.99 Å². The summed E-state index contributed by atoms with van der Waals surface area (Å²) in [5, 5.41) is 9.06. The first-order valence-electron chi connectivity index (χ1n) is 10.9. The highest BCUT2D eigenvalue weighted by Gasteiger charge is 2.42. The Hall–Kier alpha value is -2.68. The average Bonchev–Trinajstić information content (AvgIpc) is 3.29. The summed E-state index contributed by atoms with van der Waals surface area (Å²) in [6.45, 7) is 6.21. The number of aromatic nitrogens is 1. The van der Waals surface area contributed by atoms with Crippen LogP contribution < -0.4 is 0 Å². The molecule has 1 atom stereocenters. The molecule has 156 valence electrons. The summed E-state index contributed by atoms with van der Waals surface area (Å²) in [6, 6.07) is 14.3. The highest BCUT2D eigenvalue weighted by atomic mass is 16.5. The molecule has 0 radical (unpaired) electrons. The van der Waals surface area contributed by atoms with Gasteiger partial charge in [0.05, 0.1) is 28.7 Å². The Morgan fingerprint density at radius 3 is 2.53 bits per heavy atom. The van der Waals surface area contributed by atoms with E-state index in [-0.39, 0.29) is 11.8 Å². The number of aliphatic imine (C=N–C) groups is 1. The minimum absolute atomic E-state index is 0.101. The van der Waals surface area contributed by atoms with Crippen molar-refractivity contribution in [3.05, 3.63) is 65.5 Å². The maximum atomic E-state index is 9.06. The lowest BCUT2D eigenvalue weighted by Crippen LogP contribution is -2.46. The third kappa shape index (κ3) is 3.51. The Labute approximate surface area is 179 Å². The fraction of sp³-hybridized carbons (Fsp3) is 0.440. The number of benzene rings is 1. The van der Waals surface area contributed by atoms with Crippen LogP contribution in [0.3, 0.4) is 0 Å². The molecule has 5 nitrogen and oxygen atoms in total. The fourth-order valence-electron chi connectivity index (χ4n) is 4.87. The molecule has 1 aromatic carbocycles. The summed E-state index contributed by atoms with van der Waals surface area (Å²) < 4.78 is 8.22. The van der Waals surface area contributed by atoms with Crippen LogP contribution >= 0.6 is 0 Å². The van der Waals surface area contributed by atoms with E-state index in [1.807, 2.05) is 24.3 Å². The molecule has 0 aliphatic carbocycles.